The van der Waals surface area contributed by atoms with E-state index in [2.05, 4.69) is 0 Å². The highest BCUT2D eigenvalue weighted by Gasteiger charge is 2.62. The smallest absolute Gasteiger partial charge is 0.360 e. The van der Waals surface area contributed by atoms with Gasteiger partial charge in [0.25, 0.3) is 14.3 Å². The number of hydrogen-bond donors (Lipinski definition) is 9. The summed E-state index contributed by atoms with van der Waals surface area (Å²) in [7, 11) is -22.5. The van der Waals surface area contributed by atoms with Gasteiger partial charge in [0.05, 0.1) is 7.11 Å². The second-order valence-electron chi connectivity index (χ2n) is 6.97. The number of nitrogens with one attached hydrogen (secondary N) is 3. The summed E-state index contributed by atoms with van der Waals surface area (Å²) in [6, 6.07) is 3.52. The molecule has 1 unspecified atom stereocenters. The maximum atomic E-state index is 12.3. The lowest BCUT2D eigenvalue weighted by Gasteiger charge is -2.41. The molecule has 0 aromatic heterocycles. The second-order valence-corrected chi connectivity index (χ2v) is 13.8. The van der Waals surface area contributed by atoms with E-state index in [1.54, 1.807) is 5.32 Å². The van der Waals surface area contributed by atoms with E-state index in [1.165, 1.54) is 17.6 Å². The Bertz CT molecular complexity index is 1430. The molecule has 0 heterocycles. The summed E-state index contributed by atoms with van der Waals surface area (Å²) in [6.07, 6.45) is 0. The number of carbonyl (C=O) groups is 1. The first-order valence-electron chi connectivity index (χ1n) is 8.95. The lowest BCUT2D eigenvalue weighted by atomic mass is 10.2. The Hall–Kier alpha value is -2.23. The summed E-state index contributed by atoms with van der Waals surface area (Å²) < 4.78 is 133. The molecular weight excluding hydrogens is 596 g/mol. The van der Waals surface area contributed by atoms with Crippen molar-refractivity contribution in [3.8, 4) is 11.5 Å². The molecule has 0 radical (unpaired) electrons. The number of hydrogen-bond acceptors (Lipinski definition) is 15. The Kier molecular flexibility index (Phi) is 9.63. The van der Waals surface area contributed by atoms with Crippen LogP contribution in [0, 0.1) is 0 Å². The van der Waals surface area contributed by atoms with E-state index in [0.29, 0.717) is 0 Å². The Labute approximate surface area is 210 Å². The number of aromatic hydroxyl groups is 1. The maximum absolute atomic E-state index is 12.3. The van der Waals surface area contributed by atoms with E-state index in [1.807, 2.05) is 0 Å². The molecule has 1 rings (SSSR count). The van der Waals surface area contributed by atoms with Crippen molar-refractivity contribution in [2.75, 3.05) is 13.0 Å². The topological polar surface area (TPSA) is 324 Å². The van der Waals surface area contributed by atoms with Gasteiger partial charge in [0, 0.05) is 12.1 Å². The number of aliphatic carboxylic acids is 1. The highest BCUT2D eigenvalue weighted by molar-refractivity contribution is 8.05. The number of benzene rings is 1. The summed E-state index contributed by atoms with van der Waals surface area (Å²) in [5.74, 6) is -5.49. The Morgan fingerprint density at radius 3 is 1.86 bits per heavy atom. The number of phenols is 1. The molecule has 20 nitrogen and oxygen atoms in total. The van der Waals surface area contributed by atoms with Gasteiger partial charge in [0.15, 0.2) is 11.5 Å². The highest BCUT2D eigenvalue weighted by Crippen LogP contribution is 2.31. The average Bonchev–Trinajstić information content (AvgIpc) is 2.69. The quantitative estimate of drug-likeness (QED) is 0.0560. The van der Waals surface area contributed by atoms with Crippen LogP contribution in [0.5, 0.6) is 11.5 Å². The van der Waals surface area contributed by atoms with Crippen molar-refractivity contribution in [3.05, 3.63) is 23.8 Å². The number of ether oxygens (including phenoxy) is 1. The van der Waals surface area contributed by atoms with Gasteiger partial charge in [-0.2, -0.15) is 39.1 Å². The lowest BCUT2D eigenvalue weighted by molar-refractivity contribution is -0.154. The van der Waals surface area contributed by atoms with E-state index in [-0.39, 0.29) is 18.2 Å². The van der Waals surface area contributed by atoms with Gasteiger partial charge in [-0.25, -0.2) is 10.2 Å². The van der Waals surface area contributed by atoms with Crippen LogP contribution >= 0.6 is 0 Å². The SMILES string of the molecule is COc1cccc(CNC(C(=O)O)(N(NCS(=O)(=O)O)NC(C)(S(=O)(=O)O)S(=O)(=O)O)S(=O)(=O)O)c1O. The Balaban J connectivity index is 3.93. The van der Waals surface area contributed by atoms with Gasteiger partial charge in [-0.15, -0.1) is 5.12 Å². The number of para-hydroxylation sites is 1. The molecule has 214 valence electrons. The molecule has 0 aliphatic heterocycles. The fourth-order valence-electron chi connectivity index (χ4n) is 2.48. The van der Waals surface area contributed by atoms with Crippen molar-refractivity contribution in [3.63, 3.8) is 0 Å². The number of nitrogens with zero attached hydrogens (tertiary/aromatic N) is 1. The summed E-state index contributed by atoms with van der Waals surface area (Å²) in [5, 5.41) is 20.8. The van der Waals surface area contributed by atoms with Crippen molar-refractivity contribution < 1.29 is 71.6 Å². The van der Waals surface area contributed by atoms with E-state index in [9.17, 15) is 62.3 Å². The first-order valence-corrected chi connectivity index (χ1v) is 14.9. The molecule has 1 aromatic carbocycles. The minimum atomic E-state index is -6.21. The molecule has 0 amide bonds. The van der Waals surface area contributed by atoms with Crippen molar-refractivity contribution in [1.82, 2.24) is 21.3 Å². The third-order valence-electron chi connectivity index (χ3n) is 4.50. The van der Waals surface area contributed by atoms with Gasteiger partial charge in [0.2, 0.25) is 0 Å². The number of methoxy groups -OCH3 is 1. The third kappa shape index (κ3) is 7.00. The van der Waals surface area contributed by atoms with Crippen molar-refractivity contribution in [1.29, 1.82) is 0 Å². The standard InChI is InChI=1S/C13H22N4O16S4/c1-12(35(24,25)26,36(27,28)29)16-17(15-7-34(21,22)23)13(11(19)20,37(30,31)32)14-6-8-4-3-5-9(33-2)10(8)18/h3-5,14-16,18H,6-7H2,1-2H3,(H,19,20)(H,21,22,23)(H,24,25,26)(H,27,28,29)(H,30,31,32). The van der Waals surface area contributed by atoms with Crippen LogP contribution in [-0.2, 0) is 51.8 Å². The van der Waals surface area contributed by atoms with E-state index in [4.69, 9.17) is 9.29 Å². The van der Waals surface area contributed by atoms with Crippen LogP contribution in [0.3, 0.4) is 0 Å². The molecule has 0 bridgehead atoms. The van der Waals surface area contributed by atoms with Crippen LogP contribution in [-0.4, -0.2) is 95.4 Å². The number of phenolic OH excluding ortho intramolecular Hbond substituents is 1. The Morgan fingerprint density at radius 1 is 0.973 bits per heavy atom. The third-order valence-corrected chi connectivity index (χ3v) is 9.66. The molecule has 0 saturated heterocycles. The van der Waals surface area contributed by atoms with Gasteiger partial charge in [-0.1, -0.05) is 12.1 Å². The van der Waals surface area contributed by atoms with Crippen LogP contribution in [0.1, 0.15) is 12.5 Å². The molecule has 0 spiro atoms. The predicted molar refractivity (Wildman–Crippen MR) is 119 cm³/mol. The number of carboxylic acid groups (broad SMARTS) is 1. The highest BCUT2D eigenvalue weighted by atomic mass is 32.3. The van der Waals surface area contributed by atoms with Crippen LogP contribution < -0.4 is 20.9 Å². The monoisotopic (exact) mass is 618 g/mol. The maximum Gasteiger partial charge on any atom is 0.360 e. The second kappa shape index (κ2) is 10.9. The largest absolute Gasteiger partial charge is 0.504 e. The molecule has 0 aliphatic rings. The average molecular weight is 619 g/mol. The van der Waals surface area contributed by atoms with Gasteiger partial charge in [-0.3, -0.25) is 23.5 Å². The summed E-state index contributed by atoms with van der Waals surface area (Å²) in [4.78, 5) is 7.98. The molecule has 0 saturated carbocycles. The first-order chi connectivity index (χ1) is 16.4. The zero-order valence-corrected chi connectivity index (χ0v) is 21.8. The molecule has 0 fully saturated rings. The lowest BCUT2D eigenvalue weighted by Crippen LogP contribution is -2.79. The van der Waals surface area contributed by atoms with Crippen LogP contribution in [0.15, 0.2) is 18.2 Å². The minimum absolute atomic E-state index is 0.0235. The van der Waals surface area contributed by atoms with Gasteiger partial charge < -0.3 is 14.9 Å². The van der Waals surface area contributed by atoms with E-state index >= 15 is 0 Å². The zero-order valence-electron chi connectivity index (χ0n) is 18.5. The van der Waals surface area contributed by atoms with Gasteiger partial charge in [0.1, 0.15) is 5.88 Å². The fraction of sp³-hybridized carbons (Fsp3) is 0.462. The zero-order chi connectivity index (χ0) is 29.3. The number of hydrazine groups is 2. The van der Waals surface area contributed by atoms with Crippen LogP contribution in [0.4, 0.5) is 0 Å². The number of rotatable bonds is 14. The van der Waals surface area contributed by atoms with Crippen LogP contribution in [0.25, 0.3) is 0 Å². The summed E-state index contributed by atoms with van der Waals surface area (Å²) in [5.41, 5.74) is 2.07. The van der Waals surface area contributed by atoms with E-state index in [0.717, 1.165) is 18.6 Å². The van der Waals surface area contributed by atoms with Crippen molar-refractivity contribution in [2.24, 2.45) is 0 Å². The molecule has 0 aliphatic carbocycles. The molecule has 37 heavy (non-hydrogen) atoms. The van der Waals surface area contributed by atoms with Gasteiger partial charge >= 0.3 is 41.3 Å². The summed E-state index contributed by atoms with van der Waals surface area (Å²) in [6.45, 7) is -1.10. The fourth-order valence-corrected chi connectivity index (χ4v) is 5.07. The molecule has 1 aromatic rings. The first kappa shape index (κ1) is 32.8. The van der Waals surface area contributed by atoms with Gasteiger partial charge in [-0.05, 0) is 13.0 Å². The normalized spacial score (nSPS) is 15.3. The van der Waals surface area contributed by atoms with Crippen LogP contribution in [0.2, 0.25) is 0 Å². The van der Waals surface area contributed by atoms with Crippen molar-refractivity contribution >= 4 is 46.4 Å². The molecular formula is C13H22N4O16S4. The number of carboxylic acids is 1. The van der Waals surface area contributed by atoms with Crippen molar-refractivity contribution in [2.45, 2.75) is 22.7 Å². The molecule has 24 heteroatoms. The molecule has 9 N–H and O–H groups in total. The Morgan fingerprint density at radius 2 is 1.49 bits per heavy atom. The minimum Gasteiger partial charge on any atom is -0.504 e. The predicted octanol–water partition coefficient (Wildman–Crippen LogP) is -3.28. The summed E-state index contributed by atoms with van der Waals surface area (Å²) >= 11 is 0. The van der Waals surface area contributed by atoms with E-state index < -0.39 is 78.9 Å². The molecule has 1 atom stereocenters.